The van der Waals surface area contributed by atoms with Crippen molar-refractivity contribution in [1.82, 2.24) is 24.8 Å². The average molecular weight is 429 g/mol. The summed E-state index contributed by atoms with van der Waals surface area (Å²) in [6.07, 6.45) is 3.05. The van der Waals surface area contributed by atoms with Gasteiger partial charge in [-0.1, -0.05) is 35.0 Å². The summed E-state index contributed by atoms with van der Waals surface area (Å²) in [5.41, 5.74) is 0.777. The zero-order chi connectivity index (χ0) is 21.3. The molecule has 0 saturated heterocycles. The van der Waals surface area contributed by atoms with Crippen molar-refractivity contribution in [1.29, 1.82) is 0 Å². The number of halogens is 3. The molecular weight excluding hydrogens is 414 g/mol. The van der Waals surface area contributed by atoms with Crippen LogP contribution in [-0.2, 0) is 0 Å². The summed E-state index contributed by atoms with van der Waals surface area (Å²) in [6, 6.07) is 11.9. The van der Waals surface area contributed by atoms with Crippen LogP contribution < -0.4 is 10.9 Å². The molecule has 0 fully saturated rings. The number of nitrogens with one attached hydrogen (secondary N) is 1. The van der Waals surface area contributed by atoms with Gasteiger partial charge in [0.05, 0.1) is 29.8 Å². The highest BCUT2D eigenvalue weighted by atomic mass is 35.5. The summed E-state index contributed by atoms with van der Waals surface area (Å²) >= 11 is 6.19. The first-order chi connectivity index (χ1) is 14.4. The van der Waals surface area contributed by atoms with Crippen LogP contribution in [0.15, 0.2) is 65.7 Å². The van der Waals surface area contributed by atoms with Crippen LogP contribution in [0.2, 0.25) is 5.02 Å². The quantitative estimate of drug-likeness (QED) is 0.521. The Kier molecular flexibility index (Phi) is 5.28. The molecule has 1 N–H and O–H groups in total. The fourth-order valence-electron chi connectivity index (χ4n) is 2.85. The van der Waals surface area contributed by atoms with Gasteiger partial charge in [-0.05, 0) is 31.2 Å². The number of hydrogen-bond donors (Lipinski definition) is 1. The zero-order valence-electron chi connectivity index (χ0n) is 15.6. The number of benzene rings is 2. The van der Waals surface area contributed by atoms with Crippen molar-refractivity contribution in [2.45, 2.75) is 13.0 Å². The zero-order valence-corrected chi connectivity index (χ0v) is 16.4. The molecule has 1 unspecified atom stereocenters. The van der Waals surface area contributed by atoms with E-state index in [-0.39, 0.29) is 22.4 Å². The molecule has 152 valence electrons. The van der Waals surface area contributed by atoms with E-state index in [0.29, 0.717) is 11.8 Å². The van der Waals surface area contributed by atoms with Gasteiger partial charge in [0.25, 0.3) is 5.56 Å². The van der Waals surface area contributed by atoms with Gasteiger partial charge in [0, 0.05) is 6.07 Å². The number of anilines is 1. The summed E-state index contributed by atoms with van der Waals surface area (Å²) in [7, 11) is 0. The lowest BCUT2D eigenvalue weighted by molar-refractivity contribution is 0.570. The Bertz CT molecular complexity index is 1260. The maximum absolute atomic E-state index is 14.0. The molecule has 0 radical (unpaired) electrons. The second kappa shape index (κ2) is 8.03. The third kappa shape index (κ3) is 3.79. The number of para-hydroxylation sites is 1. The van der Waals surface area contributed by atoms with Crippen molar-refractivity contribution in [2.24, 2.45) is 0 Å². The molecular formula is C20H15ClF2N6O. The minimum absolute atomic E-state index is 0.184. The van der Waals surface area contributed by atoms with Gasteiger partial charge >= 0.3 is 0 Å². The van der Waals surface area contributed by atoms with Gasteiger partial charge in [-0.25, -0.2) is 13.5 Å². The molecule has 10 heteroatoms. The normalized spacial score (nSPS) is 12.0. The van der Waals surface area contributed by atoms with E-state index in [0.717, 1.165) is 22.5 Å². The van der Waals surface area contributed by atoms with Crippen LogP contribution in [0.3, 0.4) is 0 Å². The molecule has 0 aliphatic rings. The van der Waals surface area contributed by atoms with Gasteiger partial charge < -0.3 is 5.32 Å². The third-order valence-electron chi connectivity index (χ3n) is 4.40. The van der Waals surface area contributed by atoms with Crippen LogP contribution in [0.25, 0.3) is 11.4 Å². The Morgan fingerprint density at radius 1 is 1.13 bits per heavy atom. The molecule has 0 aliphatic carbocycles. The molecule has 7 nitrogen and oxygen atoms in total. The predicted molar refractivity (Wildman–Crippen MR) is 108 cm³/mol. The first kappa shape index (κ1) is 19.7. The van der Waals surface area contributed by atoms with E-state index in [9.17, 15) is 13.6 Å². The Labute approximate surface area is 174 Å². The molecule has 4 aromatic rings. The van der Waals surface area contributed by atoms with Crippen LogP contribution in [0.1, 0.15) is 18.7 Å². The van der Waals surface area contributed by atoms with Gasteiger partial charge in [0.15, 0.2) is 5.82 Å². The Morgan fingerprint density at radius 2 is 1.90 bits per heavy atom. The van der Waals surface area contributed by atoms with E-state index in [1.54, 1.807) is 10.9 Å². The summed E-state index contributed by atoms with van der Waals surface area (Å²) < 4.78 is 29.5. The molecule has 1 atom stereocenters. The lowest BCUT2D eigenvalue weighted by atomic mass is 10.2. The summed E-state index contributed by atoms with van der Waals surface area (Å²) in [6.45, 7) is 1.82. The number of rotatable bonds is 5. The second-order valence-electron chi connectivity index (χ2n) is 6.47. The molecule has 0 saturated carbocycles. The molecule has 2 heterocycles. The van der Waals surface area contributed by atoms with Gasteiger partial charge in [-0.15, -0.1) is 5.10 Å². The van der Waals surface area contributed by atoms with Crippen LogP contribution in [0.5, 0.6) is 0 Å². The standard InChI is InChI=1S/C20H15ClF2N6O/c1-12(17-11-28(27-26-17)14-5-3-2-4-6-14)25-16-10-24-29(20(30)19(16)21)18-8-7-13(22)9-15(18)23/h2-12,25H,1H3. The van der Waals surface area contributed by atoms with Crippen LogP contribution in [-0.4, -0.2) is 24.8 Å². The monoisotopic (exact) mass is 428 g/mol. The SMILES string of the molecule is CC(Nc1cnn(-c2ccc(F)cc2F)c(=O)c1Cl)c1cn(-c2ccccc2)nn1. The Hall–Kier alpha value is -3.59. The first-order valence-corrected chi connectivity index (χ1v) is 9.29. The summed E-state index contributed by atoms with van der Waals surface area (Å²) in [5.74, 6) is -1.68. The third-order valence-corrected chi connectivity index (χ3v) is 4.77. The van der Waals surface area contributed by atoms with Gasteiger partial charge in [0.1, 0.15) is 22.2 Å². The van der Waals surface area contributed by atoms with Crippen molar-refractivity contribution in [3.05, 3.63) is 93.6 Å². The molecule has 0 amide bonds. The highest BCUT2D eigenvalue weighted by Gasteiger charge is 2.17. The molecule has 0 aliphatic heterocycles. The van der Waals surface area contributed by atoms with Crippen molar-refractivity contribution < 1.29 is 8.78 Å². The topological polar surface area (TPSA) is 77.6 Å². The molecule has 0 bridgehead atoms. The summed E-state index contributed by atoms with van der Waals surface area (Å²) in [5, 5.41) is 15.1. The molecule has 0 spiro atoms. The van der Waals surface area contributed by atoms with E-state index >= 15 is 0 Å². The van der Waals surface area contributed by atoms with Crippen LogP contribution >= 0.6 is 11.6 Å². The molecule has 30 heavy (non-hydrogen) atoms. The maximum Gasteiger partial charge on any atom is 0.292 e. The highest BCUT2D eigenvalue weighted by molar-refractivity contribution is 6.33. The van der Waals surface area contributed by atoms with Crippen molar-refractivity contribution in [2.75, 3.05) is 5.32 Å². The van der Waals surface area contributed by atoms with Crippen LogP contribution in [0.4, 0.5) is 14.5 Å². The Balaban J connectivity index is 1.59. The minimum atomic E-state index is -0.924. The Morgan fingerprint density at radius 3 is 2.63 bits per heavy atom. The number of hydrogen-bond acceptors (Lipinski definition) is 5. The van der Waals surface area contributed by atoms with E-state index in [1.807, 2.05) is 37.3 Å². The molecule has 2 aromatic heterocycles. The van der Waals surface area contributed by atoms with Gasteiger partial charge in [-0.3, -0.25) is 4.79 Å². The van der Waals surface area contributed by atoms with Crippen molar-refractivity contribution >= 4 is 17.3 Å². The van der Waals surface area contributed by atoms with Crippen molar-refractivity contribution in [3.8, 4) is 11.4 Å². The largest absolute Gasteiger partial charge is 0.374 e. The van der Waals surface area contributed by atoms with E-state index < -0.39 is 17.2 Å². The first-order valence-electron chi connectivity index (χ1n) is 8.91. The van der Waals surface area contributed by atoms with Crippen LogP contribution in [0, 0.1) is 11.6 Å². The fourth-order valence-corrected chi connectivity index (χ4v) is 3.03. The highest BCUT2D eigenvalue weighted by Crippen LogP contribution is 2.23. The fraction of sp³-hybridized carbons (Fsp3) is 0.100. The molecule has 2 aromatic carbocycles. The minimum Gasteiger partial charge on any atom is -0.374 e. The lowest BCUT2D eigenvalue weighted by Crippen LogP contribution is -2.24. The number of nitrogens with zero attached hydrogens (tertiary/aromatic N) is 5. The average Bonchev–Trinajstić information content (AvgIpc) is 3.23. The van der Waals surface area contributed by atoms with E-state index in [4.69, 9.17) is 11.6 Å². The van der Waals surface area contributed by atoms with Gasteiger partial charge in [0.2, 0.25) is 0 Å². The second-order valence-corrected chi connectivity index (χ2v) is 6.85. The number of aromatic nitrogens is 5. The maximum atomic E-state index is 14.0. The smallest absolute Gasteiger partial charge is 0.292 e. The van der Waals surface area contributed by atoms with E-state index in [1.165, 1.54) is 6.20 Å². The van der Waals surface area contributed by atoms with Crippen molar-refractivity contribution in [3.63, 3.8) is 0 Å². The lowest BCUT2D eigenvalue weighted by Gasteiger charge is -2.14. The molecule has 4 rings (SSSR count). The summed E-state index contributed by atoms with van der Waals surface area (Å²) in [4.78, 5) is 12.6. The predicted octanol–water partition coefficient (Wildman–Crippen LogP) is 3.92. The van der Waals surface area contributed by atoms with Gasteiger partial charge in [-0.2, -0.15) is 9.78 Å². The van der Waals surface area contributed by atoms with E-state index in [2.05, 4.69) is 20.7 Å².